The van der Waals surface area contributed by atoms with Gasteiger partial charge in [0.1, 0.15) is 0 Å². The number of amides is 2. The molecule has 1 fully saturated rings. The Kier molecular flexibility index (Phi) is 3.87. The third kappa shape index (κ3) is 2.71. The number of carbonyl (C=O) groups is 3. The maximum absolute atomic E-state index is 11.9. The number of hydrogen-bond acceptors (Lipinski definition) is 3. The van der Waals surface area contributed by atoms with E-state index in [1.807, 2.05) is 0 Å². The minimum Gasteiger partial charge on any atom is -0.481 e. The zero-order valence-electron chi connectivity index (χ0n) is 9.18. The second-order valence-electron chi connectivity index (χ2n) is 4.14. The normalized spacial score (nSPS) is 24.1. The van der Waals surface area contributed by atoms with Crippen LogP contribution in [0.15, 0.2) is 0 Å². The first kappa shape index (κ1) is 12.5. The first-order chi connectivity index (χ1) is 7.43. The zero-order valence-corrected chi connectivity index (χ0v) is 9.18. The van der Waals surface area contributed by atoms with E-state index in [-0.39, 0.29) is 12.5 Å². The highest BCUT2D eigenvalue weighted by atomic mass is 16.4. The fraction of sp³-hybridized carbons (Fsp3) is 0.700. The minimum absolute atomic E-state index is 0.165. The van der Waals surface area contributed by atoms with E-state index in [0.717, 1.165) is 6.42 Å². The molecular weight excluding hydrogens is 212 g/mol. The Morgan fingerprint density at radius 2 is 1.88 bits per heavy atom. The van der Waals surface area contributed by atoms with E-state index in [4.69, 9.17) is 10.8 Å². The molecule has 16 heavy (non-hydrogen) atoms. The molecule has 0 aromatic heterocycles. The summed E-state index contributed by atoms with van der Waals surface area (Å²) in [5.41, 5.74) is 4.98. The number of nitrogens with zero attached hydrogens (tertiary/aromatic N) is 1. The molecule has 90 valence electrons. The van der Waals surface area contributed by atoms with Gasteiger partial charge < -0.3 is 15.7 Å². The largest absolute Gasteiger partial charge is 0.481 e. The Morgan fingerprint density at radius 3 is 2.38 bits per heavy atom. The summed E-state index contributed by atoms with van der Waals surface area (Å²) < 4.78 is 0. The number of rotatable bonds is 4. The molecule has 6 nitrogen and oxygen atoms in total. The van der Waals surface area contributed by atoms with Crippen molar-refractivity contribution in [1.29, 1.82) is 0 Å². The van der Waals surface area contributed by atoms with E-state index < -0.39 is 23.7 Å². The van der Waals surface area contributed by atoms with E-state index in [9.17, 15) is 14.4 Å². The summed E-state index contributed by atoms with van der Waals surface area (Å²) in [5.74, 6) is -2.97. The van der Waals surface area contributed by atoms with Gasteiger partial charge in [-0.3, -0.25) is 14.4 Å². The third-order valence-electron chi connectivity index (χ3n) is 2.92. The van der Waals surface area contributed by atoms with Crippen molar-refractivity contribution in [2.45, 2.75) is 19.3 Å². The van der Waals surface area contributed by atoms with E-state index in [0.29, 0.717) is 12.8 Å². The monoisotopic (exact) mass is 228 g/mol. The highest BCUT2D eigenvalue weighted by Gasteiger charge is 2.39. The number of carbonyl (C=O) groups excluding carboxylic acids is 2. The van der Waals surface area contributed by atoms with E-state index in [1.165, 1.54) is 11.9 Å². The first-order valence-electron chi connectivity index (χ1n) is 5.19. The molecule has 1 saturated carbocycles. The van der Waals surface area contributed by atoms with E-state index >= 15 is 0 Å². The lowest BCUT2D eigenvalue weighted by atomic mass is 9.95. The Balaban J connectivity index is 2.65. The Bertz CT molecular complexity index is 316. The van der Waals surface area contributed by atoms with Crippen LogP contribution in [0.2, 0.25) is 0 Å². The molecule has 0 aromatic rings. The van der Waals surface area contributed by atoms with Crippen molar-refractivity contribution >= 4 is 17.8 Å². The molecule has 0 saturated heterocycles. The van der Waals surface area contributed by atoms with Gasteiger partial charge in [-0.2, -0.15) is 0 Å². The number of carboxylic acid groups (broad SMARTS) is 1. The lowest BCUT2D eigenvalue weighted by Crippen LogP contribution is -2.41. The van der Waals surface area contributed by atoms with Gasteiger partial charge in [0.2, 0.25) is 11.8 Å². The number of aliphatic carboxylic acids is 1. The van der Waals surface area contributed by atoms with Crippen LogP contribution in [0.1, 0.15) is 19.3 Å². The highest BCUT2D eigenvalue weighted by Crippen LogP contribution is 2.33. The maximum Gasteiger partial charge on any atom is 0.307 e. The molecule has 2 unspecified atom stereocenters. The van der Waals surface area contributed by atoms with Gasteiger partial charge in [-0.05, 0) is 12.8 Å². The van der Waals surface area contributed by atoms with Gasteiger partial charge in [0.25, 0.3) is 0 Å². The molecule has 0 heterocycles. The minimum atomic E-state index is -0.941. The molecule has 6 heteroatoms. The molecule has 0 radical (unpaired) electrons. The van der Waals surface area contributed by atoms with E-state index in [1.54, 1.807) is 0 Å². The maximum atomic E-state index is 11.9. The van der Waals surface area contributed by atoms with Crippen molar-refractivity contribution in [1.82, 2.24) is 4.90 Å². The van der Waals surface area contributed by atoms with Crippen molar-refractivity contribution in [3.05, 3.63) is 0 Å². The number of primary amides is 1. The zero-order chi connectivity index (χ0) is 12.3. The van der Waals surface area contributed by atoms with Gasteiger partial charge >= 0.3 is 5.97 Å². The Labute approximate surface area is 93.4 Å². The molecule has 2 atom stereocenters. The second-order valence-corrected chi connectivity index (χ2v) is 4.14. The summed E-state index contributed by atoms with van der Waals surface area (Å²) in [7, 11) is 1.46. The number of hydrogen-bond donors (Lipinski definition) is 2. The summed E-state index contributed by atoms with van der Waals surface area (Å²) in [4.78, 5) is 34.6. The van der Waals surface area contributed by atoms with Gasteiger partial charge in [0.05, 0.1) is 18.4 Å². The quantitative estimate of drug-likeness (QED) is 0.672. The second kappa shape index (κ2) is 4.96. The summed E-state index contributed by atoms with van der Waals surface area (Å²) >= 11 is 0. The van der Waals surface area contributed by atoms with Crippen LogP contribution in [0.5, 0.6) is 0 Å². The number of nitrogens with two attached hydrogens (primary N) is 1. The van der Waals surface area contributed by atoms with Gasteiger partial charge in [-0.25, -0.2) is 0 Å². The molecule has 1 aliphatic rings. The standard InChI is InChI=1S/C10H16N2O4/c1-12(5-8(11)13)9(14)6-3-2-4-7(6)10(15)16/h6-7H,2-5H2,1H3,(H2,11,13)(H,15,16). The van der Waals surface area contributed by atoms with Crippen LogP contribution in [-0.2, 0) is 14.4 Å². The van der Waals surface area contributed by atoms with Crippen LogP contribution in [0.25, 0.3) is 0 Å². The van der Waals surface area contributed by atoms with Crippen LogP contribution in [0.3, 0.4) is 0 Å². The van der Waals surface area contributed by atoms with Crippen molar-refractivity contribution in [2.75, 3.05) is 13.6 Å². The van der Waals surface area contributed by atoms with Gasteiger partial charge in [-0.1, -0.05) is 6.42 Å². The van der Waals surface area contributed by atoms with Crippen LogP contribution in [-0.4, -0.2) is 41.4 Å². The summed E-state index contributed by atoms with van der Waals surface area (Å²) in [6, 6.07) is 0. The summed E-state index contributed by atoms with van der Waals surface area (Å²) in [5, 5.41) is 8.93. The molecule has 0 bridgehead atoms. The van der Waals surface area contributed by atoms with Gasteiger partial charge in [-0.15, -0.1) is 0 Å². The summed E-state index contributed by atoms with van der Waals surface area (Å²) in [6.07, 6.45) is 1.83. The van der Waals surface area contributed by atoms with Crippen LogP contribution < -0.4 is 5.73 Å². The van der Waals surface area contributed by atoms with Gasteiger partial charge in [0, 0.05) is 7.05 Å². The molecule has 3 N–H and O–H groups in total. The fourth-order valence-corrected chi connectivity index (χ4v) is 2.15. The third-order valence-corrected chi connectivity index (χ3v) is 2.92. The van der Waals surface area contributed by atoms with Crippen molar-refractivity contribution < 1.29 is 19.5 Å². The predicted octanol–water partition coefficient (Wildman–Crippen LogP) is -0.569. The summed E-state index contributed by atoms with van der Waals surface area (Å²) in [6.45, 7) is -0.165. The van der Waals surface area contributed by atoms with Crippen molar-refractivity contribution in [3.8, 4) is 0 Å². The SMILES string of the molecule is CN(CC(N)=O)C(=O)C1CCCC1C(=O)O. The van der Waals surface area contributed by atoms with Crippen molar-refractivity contribution in [2.24, 2.45) is 17.6 Å². The first-order valence-corrected chi connectivity index (χ1v) is 5.19. The number of carboxylic acids is 1. The lowest BCUT2D eigenvalue weighted by Gasteiger charge is -2.22. The number of likely N-dealkylation sites (N-methyl/N-ethyl adjacent to an activating group) is 1. The predicted molar refractivity (Wildman–Crippen MR) is 55.3 cm³/mol. The topological polar surface area (TPSA) is 101 Å². The molecule has 1 rings (SSSR count). The highest BCUT2D eigenvalue weighted by molar-refractivity contribution is 5.88. The molecule has 0 aliphatic heterocycles. The van der Waals surface area contributed by atoms with Crippen LogP contribution in [0.4, 0.5) is 0 Å². The average molecular weight is 228 g/mol. The molecule has 2 amide bonds. The average Bonchev–Trinajstić information content (AvgIpc) is 2.63. The van der Waals surface area contributed by atoms with Crippen LogP contribution >= 0.6 is 0 Å². The molecular formula is C10H16N2O4. The molecule has 0 aromatic carbocycles. The Morgan fingerprint density at radius 1 is 1.31 bits per heavy atom. The molecule has 0 spiro atoms. The van der Waals surface area contributed by atoms with E-state index in [2.05, 4.69) is 0 Å². The fourth-order valence-electron chi connectivity index (χ4n) is 2.15. The Hall–Kier alpha value is -1.59. The van der Waals surface area contributed by atoms with Gasteiger partial charge in [0.15, 0.2) is 0 Å². The van der Waals surface area contributed by atoms with Crippen LogP contribution in [0, 0.1) is 11.8 Å². The molecule has 1 aliphatic carbocycles. The smallest absolute Gasteiger partial charge is 0.307 e. The van der Waals surface area contributed by atoms with Crippen molar-refractivity contribution in [3.63, 3.8) is 0 Å². The lowest BCUT2D eigenvalue weighted by molar-refractivity contribution is -0.149.